The maximum Gasteiger partial charge on any atom is 0.344 e. The molecule has 0 amide bonds. The Morgan fingerprint density at radius 3 is 2.69 bits per heavy atom. The van der Waals surface area contributed by atoms with E-state index in [2.05, 4.69) is 19.6 Å². The van der Waals surface area contributed by atoms with Gasteiger partial charge in [-0.1, -0.05) is 0 Å². The summed E-state index contributed by atoms with van der Waals surface area (Å²) in [6, 6.07) is 7.09. The monoisotopic (exact) mass is 460 g/mol. The van der Waals surface area contributed by atoms with Crippen molar-refractivity contribution < 1.29 is 28.0 Å². The fourth-order valence-corrected chi connectivity index (χ4v) is 4.64. The summed E-state index contributed by atoms with van der Waals surface area (Å²) in [5.41, 5.74) is 1.32. The van der Waals surface area contributed by atoms with Crippen molar-refractivity contribution in [2.24, 2.45) is 4.36 Å². The number of carboxylic acids is 1. The third-order valence-electron chi connectivity index (χ3n) is 4.95. The molecule has 0 aliphatic carbocycles. The molecule has 0 spiro atoms. The zero-order valence-corrected chi connectivity index (χ0v) is 18.2. The fraction of sp³-hybridized carbons (Fsp3) is 0.286. The number of halogens is 1. The van der Waals surface area contributed by atoms with Crippen molar-refractivity contribution in [3.63, 3.8) is 0 Å². The SMILES string of the molecule is COc1cc(N=S2(=O)CCC2)cc2ncnc(Nc3ccc(F)cc3O[C@H](C)C(=O)O)c12. The van der Waals surface area contributed by atoms with Gasteiger partial charge in [0.05, 0.1) is 39.1 Å². The lowest BCUT2D eigenvalue weighted by Gasteiger charge is -2.19. The minimum atomic E-state index is -2.21. The van der Waals surface area contributed by atoms with Crippen molar-refractivity contribution in [1.82, 2.24) is 9.97 Å². The van der Waals surface area contributed by atoms with Gasteiger partial charge in [-0.25, -0.2) is 23.4 Å². The van der Waals surface area contributed by atoms with Crippen LogP contribution < -0.4 is 14.8 Å². The highest BCUT2D eigenvalue weighted by atomic mass is 32.2. The van der Waals surface area contributed by atoms with Gasteiger partial charge in [0.1, 0.15) is 29.5 Å². The summed E-state index contributed by atoms with van der Waals surface area (Å²) in [6.45, 7) is 1.35. The first-order valence-electron chi connectivity index (χ1n) is 9.79. The molecular formula is C21H21FN4O5S. The summed E-state index contributed by atoms with van der Waals surface area (Å²) in [5, 5.41) is 12.7. The van der Waals surface area contributed by atoms with E-state index in [1.807, 2.05) is 0 Å². The summed E-state index contributed by atoms with van der Waals surface area (Å²) < 4.78 is 41.6. The predicted octanol–water partition coefficient (Wildman–Crippen LogP) is 3.88. The standard InChI is InChI=1S/C21H21FN4O5S/c1-12(21(27)28)31-17-8-13(22)4-5-15(17)25-20-19-16(23-11-24-20)9-14(10-18(19)30-2)26-32(29)6-3-7-32/h4-5,8-12H,3,6-7H2,1-2H3,(H,27,28)(H,23,24,25)/t12-/m1/s1. The Labute approximate surface area is 183 Å². The average molecular weight is 460 g/mol. The molecule has 9 nitrogen and oxygen atoms in total. The number of rotatable bonds is 7. The normalized spacial score (nSPS) is 15.5. The van der Waals surface area contributed by atoms with Crippen LogP contribution in [0.2, 0.25) is 0 Å². The summed E-state index contributed by atoms with van der Waals surface area (Å²) in [4.78, 5) is 19.7. The molecule has 1 saturated heterocycles. The van der Waals surface area contributed by atoms with Crippen LogP contribution in [0.1, 0.15) is 13.3 Å². The molecule has 11 heteroatoms. The number of carbonyl (C=O) groups is 1. The van der Waals surface area contributed by atoms with Crippen molar-refractivity contribution in [2.45, 2.75) is 19.4 Å². The highest BCUT2D eigenvalue weighted by molar-refractivity contribution is 7.95. The van der Waals surface area contributed by atoms with E-state index in [9.17, 15) is 13.4 Å². The van der Waals surface area contributed by atoms with Gasteiger partial charge in [0, 0.05) is 23.6 Å². The maximum atomic E-state index is 13.8. The summed E-state index contributed by atoms with van der Waals surface area (Å²) in [5.74, 6) is 0.151. The van der Waals surface area contributed by atoms with Gasteiger partial charge in [0.2, 0.25) is 0 Å². The maximum absolute atomic E-state index is 13.8. The van der Waals surface area contributed by atoms with Crippen LogP contribution in [0.3, 0.4) is 0 Å². The number of nitrogens with one attached hydrogen (secondary N) is 1. The molecule has 2 aromatic carbocycles. The van der Waals surface area contributed by atoms with Crippen LogP contribution in [-0.4, -0.2) is 50.0 Å². The number of methoxy groups -OCH3 is 1. The van der Waals surface area contributed by atoms with E-state index in [0.717, 1.165) is 12.5 Å². The lowest BCUT2D eigenvalue weighted by Crippen LogP contribution is -2.23. The molecule has 168 valence electrons. The van der Waals surface area contributed by atoms with E-state index in [1.54, 1.807) is 12.1 Å². The number of hydrogen-bond acceptors (Lipinski definition) is 8. The number of aliphatic carboxylic acids is 1. The molecule has 3 aromatic rings. The van der Waals surface area contributed by atoms with Crippen LogP contribution in [-0.2, 0) is 14.5 Å². The van der Waals surface area contributed by atoms with Crippen molar-refractivity contribution >= 4 is 43.8 Å². The van der Waals surface area contributed by atoms with Crippen LogP contribution >= 0.6 is 0 Å². The van der Waals surface area contributed by atoms with E-state index >= 15 is 0 Å². The zero-order chi connectivity index (χ0) is 22.9. The quantitative estimate of drug-likeness (QED) is 0.545. The molecule has 2 heterocycles. The van der Waals surface area contributed by atoms with Gasteiger partial charge in [-0.2, -0.15) is 4.36 Å². The Balaban J connectivity index is 1.77. The third kappa shape index (κ3) is 4.42. The Morgan fingerprint density at radius 1 is 1.25 bits per heavy atom. The molecule has 1 aliphatic rings. The minimum Gasteiger partial charge on any atom is -0.496 e. The highest BCUT2D eigenvalue weighted by Crippen LogP contribution is 2.38. The molecule has 2 N–H and O–H groups in total. The highest BCUT2D eigenvalue weighted by Gasteiger charge is 2.21. The Kier molecular flexibility index (Phi) is 5.83. The largest absolute Gasteiger partial charge is 0.496 e. The van der Waals surface area contributed by atoms with E-state index in [0.29, 0.717) is 45.4 Å². The van der Waals surface area contributed by atoms with Crippen molar-refractivity contribution in [3.05, 3.63) is 42.5 Å². The Bertz CT molecular complexity index is 1310. The van der Waals surface area contributed by atoms with Gasteiger partial charge >= 0.3 is 5.97 Å². The topological polar surface area (TPSA) is 123 Å². The molecule has 0 saturated carbocycles. The lowest BCUT2D eigenvalue weighted by molar-refractivity contribution is -0.144. The second-order valence-corrected chi connectivity index (χ2v) is 9.80. The number of benzene rings is 2. The first-order valence-corrected chi connectivity index (χ1v) is 11.6. The summed E-state index contributed by atoms with van der Waals surface area (Å²) in [6.07, 6.45) is 1.04. The van der Waals surface area contributed by atoms with Crippen LogP contribution in [0.5, 0.6) is 11.5 Å². The number of hydrogen-bond donors (Lipinski definition) is 2. The lowest BCUT2D eigenvalue weighted by atomic mass is 10.2. The van der Waals surface area contributed by atoms with Crippen molar-refractivity contribution in [3.8, 4) is 11.5 Å². The minimum absolute atomic E-state index is 0.0131. The molecule has 1 atom stereocenters. The summed E-state index contributed by atoms with van der Waals surface area (Å²) in [7, 11) is -0.727. The molecule has 1 aliphatic heterocycles. The van der Waals surface area contributed by atoms with Gasteiger partial charge in [-0.15, -0.1) is 0 Å². The first kappa shape index (κ1) is 21.8. The first-order chi connectivity index (χ1) is 15.3. The van der Waals surface area contributed by atoms with Gasteiger partial charge < -0.3 is 19.9 Å². The van der Waals surface area contributed by atoms with E-state index in [4.69, 9.17) is 14.6 Å². The number of nitrogens with zero attached hydrogens (tertiary/aromatic N) is 3. The Morgan fingerprint density at radius 2 is 2.03 bits per heavy atom. The van der Waals surface area contributed by atoms with Crippen LogP contribution in [0.4, 0.5) is 21.6 Å². The smallest absolute Gasteiger partial charge is 0.344 e. The number of ether oxygens (including phenoxy) is 2. The van der Waals surface area contributed by atoms with Gasteiger partial charge in [0.25, 0.3) is 0 Å². The van der Waals surface area contributed by atoms with E-state index in [-0.39, 0.29) is 5.75 Å². The second kappa shape index (κ2) is 8.58. The van der Waals surface area contributed by atoms with Gasteiger partial charge in [-0.05, 0) is 31.5 Å². The average Bonchev–Trinajstić information content (AvgIpc) is 2.73. The third-order valence-corrected chi connectivity index (χ3v) is 7.35. The zero-order valence-electron chi connectivity index (χ0n) is 17.4. The molecule has 0 radical (unpaired) electrons. The van der Waals surface area contributed by atoms with Crippen LogP contribution in [0, 0.1) is 5.82 Å². The molecule has 4 rings (SSSR count). The summed E-state index contributed by atoms with van der Waals surface area (Å²) >= 11 is 0. The van der Waals surface area contributed by atoms with Crippen LogP contribution in [0.15, 0.2) is 41.0 Å². The molecular weight excluding hydrogens is 439 g/mol. The molecule has 32 heavy (non-hydrogen) atoms. The molecule has 0 bridgehead atoms. The van der Waals surface area contributed by atoms with E-state index < -0.39 is 27.6 Å². The number of fused-ring (bicyclic) bond motifs is 1. The predicted molar refractivity (Wildman–Crippen MR) is 118 cm³/mol. The number of anilines is 2. The second-order valence-electron chi connectivity index (χ2n) is 7.25. The molecule has 0 unspecified atom stereocenters. The van der Waals surface area contributed by atoms with Crippen molar-refractivity contribution in [2.75, 3.05) is 23.9 Å². The number of aromatic nitrogens is 2. The van der Waals surface area contributed by atoms with E-state index in [1.165, 1.54) is 32.5 Å². The molecule has 1 aromatic heterocycles. The molecule has 1 fully saturated rings. The van der Waals surface area contributed by atoms with Crippen LogP contribution in [0.25, 0.3) is 10.9 Å². The fourth-order valence-electron chi connectivity index (χ4n) is 3.19. The van der Waals surface area contributed by atoms with Crippen molar-refractivity contribution in [1.29, 1.82) is 0 Å². The number of carboxylic acid groups (broad SMARTS) is 1. The van der Waals surface area contributed by atoms with Gasteiger partial charge in [-0.3, -0.25) is 0 Å². The van der Waals surface area contributed by atoms with Gasteiger partial charge in [0.15, 0.2) is 6.10 Å². The Hall–Kier alpha value is -3.47.